The Balaban J connectivity index is 2.84. The van der Waals surface area contributed by atoms with Gasteiger partial charge in [0.1, 0.15) is 12.1 Å². The van der Waals surface area contributed by atoms with Gasteiger partial charge >= 0.3 is 5.97 Å². The van der Waals surface area contributed by atoms with Crippen LogP contribution in [0.1, 0.15) is 17.2 Å². The fraction of sp³-hybridized carbons (Fsp3) is 0.364. The summed E-state index contributed by atoms with van der Waals surface area (Å²) in [5, 5.41) is 9.79. The van der Waals surface area contributed by atoms with Crippen molar-refractivity contribution in [2.45, 2.75) is 19.1 Å². The van der Waals surface area contributed by atoms with Crippen LogP contribution < -0.4 is 5.73 Å². The van der Waals surface area contributed by atoms with Gasteiger partial charge in [-0.2, -0.15) is 0 Å². The minimum atomic E-state index is -1.04. The van der Waals surface area contributed by atoms with Crippen LogP contribution in [0.2, 0.25) is 0 Å². The number of aliphatic hydroxyl groups is 1. The van der Waals surface area contributed by atoms with Gasteiger partial charge in [-0.05, 0) is 12.5 Å². The minimum Gasteiger partial charge on any atom is -0.468 e. The molecule has 2 atom stereocenters. The molecule has 1 aromatic rings. The topological polar surface area (TPSA) is 72.5 Å². The van der Waals surface area contributed by atoms with Crippen LogP contribution in [-0.4, -0.2) is 24.2 Å². The molecular weight excluding hydrogens is 194 g/mol. The number of hydrogen-bond donors (Lipinski definition) is 2. The number of aliphatic hydroxyl groups excluding tert-OH is 1. The second kappa shape index (κ2) is 4.91. The van der Waals surface area contributed by atoms with Gasteiger partial charge in [-0.25, -0.2) is 0 Å². The van der Waals surface area contributed by atoms with Crippen molar-refractivity contribution < 1.29 is 14.6 Å². The molecule has 0 fully saturated rings. The highest BCUT2D eigenvalue weighted by molar-refractivity contribution is 5.76. The lowest BCUT2D eigenvalue weighted by atomic mass is 10.0. The Bertz CT molecular complexity index is 351. The van der Waals surface area contributed by atoms with Gasteiger partial charge in [-0.3, -0.25) is 4.79 Å². The van der Waals surface area contributed by atoms with Crippen LogP contribution in [0.3, 0.4) is 0 Å². The SMILES string of the molecule is COC(=O)[C@H](N)[C@H](O)c1cccc(C)c1. The molecule has 0 saturated carbocycles. The standard InChI is InChI=1S/C11H15NO3/c1-7-4-3-5-8(6-7)10(13)9(12)11(14)15-2/h3-6,9-10,13H,12H2,1-2H3/t9-,10-/m1/s1. The van der Waals surface area contributed by atoms with Crippen LogP contribution in [0.4, 0.5) is 0 Å². The third-order valence-corrected chi connectivity index (χ3v) is 2.20. The molecule has 0 aliphatic heterocycles. The maximum Gasteiger partial charge on any atom is 0.325 e. The van der Waals surface area contributed by atoms with Crippen molar-refractivity contribution in [1.82, 2.24) is 0 Å². The molecule has 82 valence electrons. The van der Waals surface area contributed by atoms with Crippen molar-refractivity contribution in [3.8, 4) is 0 Å². The van der Waals surface area contributed by atoms with E-state index in [9.17, 15) is 9.90 Å². The normalized spacial score (nSPS) is 14.4. The van der Waals surface area contributed by atoms with Crippen molar-refractivity contribution >= 4 is 5.97 Å². The Morgan fingerprint density at radius 1 is 1.53 bits per heavy atom. The van der Waals surface area contributed by atoms with E-state index in [1.807, 2.05) is 13.0 Å². The summed E-state index contributed by atoms with van der Waals surface area (Å²) < 4.78 is 4.46. The molecule has 0 amide bonds. The molecule has 4 heteroatoms. The summed E-state index contributed by atoms with van der Waals surface area (Å²) >= 11 is 0. The Labute approximate surface area is 88.7 Å². The lowest BCUT2D eigenvalue weighted by molar-refractivity contribution is -0.145. The zero-order valence-electron chi connectivity index (χ0n) is 8.81. The summed E-state index contributed by atoms with van der Waals surface area (Å²) in [5.41, 5.74) is 7.15. The molecule has 1 rings (SSSR count). The van der Waals surface area contributed by atoms with Gasteiger partial charge in [-0.1, -0.05) is 29.8 Å². The van der Waals surface area contributed by atoms with E-state index < -0.39 is 18.1 Å². The second-order valence-electron chi connectivity index (χ2n) is 3.41. The molecule has 0 spiro atoms. The number of rotatable bonds is 3. The summed E-state index contributed by atoms with van der Waals surface area (Å²) in [5.74, 6) is -0.621. The predicted molar refractivity (Wildman–Crippen MR) is 56.1 cm³/mol. The first-order chi connectivity index (χ1) is 7.06. The third-order valence-electron chi connectivity index (χ3n) is 2.20. The predicted octanol–water partition coefficient (Wildman–Crippen LogP) is 0.529. The average molecular weight is 209 g/mol. The van der Waals surface area contributed by atoms with E-state index in [0.29, 0.717) is 5.56 Å². The number of aryl methyl sites for hydroxylation is 1. The molecule has 0 aromatic heterocycles. The number of esters is 1. The van der Waals surface area contributed by atoms with Crippen LogP contribution >= 0.6 is 0 Å². The summed E-state index contributed by atoms with van der Waals surface area (Å²) in [4.78, 5) is 11.1. The fourth-order valence-corrected chi connectivity index (χ4v) is 1.33. The first-order valence-electron chi connectivity index (χ1n) is 4.64. The molecule has 4 nitrogen and oxygen atoms in total. The van der Waals surface area contributed by atoms with Crippen LogP contribution in [0.5, 0.6) is 0 Å². The highest BCUT2D eigenvalue weighted by atomic mass is 16.5. The summed E-state index contributed by atoms with van der Waals surface area (Å²) in [6, 6.07) is 6.17. The van der Waals surface area contributed by atoms with Gasteiger partial charge in [0.25, 0.3) is 0 Å². The highest BCUT2D eigenvalue weighted by Gasteiger charge is 2.24. The van der Waals surface area contributed by atoms with Gasteiger partial charge in [0, 0.05) is 0 Å². The van der Waals surface area contributed by atoms with Gasteiger partial charge in [0.15, 0.2) is 0 Å². The van der Waals surface area contributed by atoms with Crippen LogP contribution in [0.15, 0.2) is 24.3 Å². The second-order valence-corrected chi connectivity index (χ2v) is 3.41. The molecule has 0 unspecified atom stereocenters. The molecule has 0 aliphatic rings. The number of methoxy groups -OCH3 is 1. The van der Waals surface area contributed by atoms with Crippen molar-refractivity contribution in [3.63, 3.8) is 0 Å². The van der Waals surface area contributed by atoms with Gasteiger partial charge in [-0.15, -0.1) is 0 Å². The first-order valence-corrected chi connectivity index (χ1v) is 4.64. The smallest absolute Gasteiger partial charge is 0.325 e. The maximum atomic E-state index is 11.1. The van der Waals surface area contributed by atoms with Crippen LogP contribution in [0.25, 0.3) is 0 Å². The Kier molecular flexibility index (Phi) is 3.82. The Morgan fingerprint density at radius 2 is 2.20 bits per heavy atom. The van der Waals surface area contributed by atoms with E-state index in [4.69, 9.17) is 5.73 Å². The maximum absolute atomic E-state index is 11.1. The molecule has 3 N–H and O–H groups in total. The zero-order chi connectivity index (χ0) is 11.4. The third kappa shape index (κ3) is 2.78. The van der Waals surface area contributed by atoms with Crippen molar-refractivity contribution in [1.29, 1.82) is 0 Å². The zero-order valence-corrected chi connectivity index (χ0v) is 8.81. The largest absolute Gasteiger partial charge is 0.468 e. The quantitative estimate of drug-likeness (QED) is 0.712. The van der Waals surface area contributed by atoms with Gasteiger partial charge in [0.2, 0.25) is 0 Å². The molecule has 0 saturated heterocycles. The monoisotopic (exact) mass is 209 g/mol. The molecule has 0 heterocycles. The van der Waals surface area contributed by atoms with Gasteiger partial charge < -0.3 is 15.6 Å². The average Bonchev–Trinajstić information content (AvgIpc) is 2.26. The minimum absolute atomic E-state index is 0.618. The molecule has 0 bridgehead atoms. The number of hydrogen-bond acceptors (Lipinski definition) is 4. The number of benzene rings is 1. The van der Waals surface area contributed by atoms with Crippen molar-refractivity contribution in [2.24, 2.45) is 5.73 Å². The Morgan fingerprint density at radius 3 is 2.73 bits per heavy atom. The van der Waals surface area contributed by atoms with Crippen molar-refractivity contribution in [2.75, 3.05) is 7.11 Å². The summed E-state index contributed by atoms with van der Waals surface area (Å²) in [6.07, 6.45) is -1.03. The van der Waals surface area contributed by atoms with E-state index >= 15 is 0 Å². The number of ether oxygens (including phenoxy) is 1. The lowest BCUT2D eigenvalue weighted by Gasteiger charge is -2.17. The number of carbonyl (C=O) groups is 1. The molecule has 1 aromatic carbocycles. The summed E-state index contributed by atoms with van der Waals surface area (Å²) in [7, 11) is 1.24. The van der Waals surface area contributed by atoms with E-state index in [1.165, 1.54) is 7.11 Å². The first kappa shape index (κ1) is 11.7. The Hall–Kier alpha value is -1.39. The van der Waals surface area contributed by atoms with E-state index in [1.54, 1.807) is 18.2 Å². The van der Waals surface area contributed by atoms with Gasteiger partial charge in [0.05, 0.1) is 7.11 Å². The molecular formula is C11H15NO3. The summed E-state index contributed by atoms with van der Waals surface area (Å²) in [6.45, 7) is 1.90. The van der Waals surface area contributed by atoms with E-state index in [2.05, 4.69) is 4.74 Å². The highest BCUT2D eigenvalue weighted by Crippen LogP contribution is 2.17. The van der Waals surface area contributed by atoms with E-state index in [-0.39, 0.29) is 0 Å². The van der Waals surface area contributed by atoms with E-state index in [0.717, 1.165) is 5.56 Å². The number of carbonyl (C=O) groups excluding carboxylic acids is 1. The molecule has 0 aliphatic carbocycles. The molecule has 0 radical (unpaired) electrons. The fourth-order valence-electron chi connectivity index (χ4n) is 1.33. The van der Waals surface area contributed by atoms with Crippen LogP contribution in [0, 0.1) is 6.92 Å². The lowest BCUT2D eigenvalue weighted by Crippen LogP contribution is -2.37. The number of nitrogens with two attached hydrogens (primary N) is 1. The van der Waals surface area contributed by atoms with Crippen molar-refractivity contribution in [3.05, 3.63) is 35.4 Å². The molecule has 15 heavy (non-hydrogen) atoms. The van der Waals surface area contributed by atoms with Crippen LogP contribution in [-0.2, 0) is 9.53 Å².